The predicted octanol–water partition coefficient (Wildman–Crippen LogP) is 5.21. The van der Waals surface area contributed by atoms with Crippen molar-refractivity contribution in [3.05, 3.63) is 118 Å². The van der Waals surface area contributed by atoms with E-state index in [9.17, 15) is 28.6 Å². The monoisotopic (exact) mass is 568 g/mol. The van der Waals surface area contributed by atoms with E-state index in [1.165, 1.54) is 36.4 Å². The second kappa shape index (κ2) is 12.4. The third-order valence-electron chi connectivity index (χ3n) is 6.61. The number of phenols is 2. The summed E-state index contributed by atoms with van der Waals surface area (Å²) in [7, 11) is 0. The Morgan fingerprint density at radius 3 is 1.33 bits per heavy atom. The summed E-state index contributed by atoms with van der Waals surface area (Å²) in [4.78, 5) is 35.9. The molecule has 0 atom stereocenters. The molecule has 0 fully saturated rings. The maximum Gasteiger partial charge on any atom is 0.200 e. The maximum absolute atomic E-state index is 13.7. The standard InChI is InChI=1S/C32H26F2N4O4/c33-21-5-1-19(2-6-21)17-35-13-15-37-23-9-10-24(38-16-14-36-18-20-3-7-22(34)8-4-20)28-27(23)31(41)29-25(39)11-12-26(40)30(29)32(28)42/h1-12,17-18,37-40H,13-16H2. The number of carbonyl (C=O) groups excluding carboxylic acids is 2. The van der Waals surface area contributed by atoms with E-state index < -0.39 is 23.1 Å². The number of hydrogen-bond acceptors (Lipinski definition) is 8. The second-order valence-corrected chi connectivity index (χ2v) is 9.45. The first-order chi connectivity index (χ1) is 20.3. The molecule has 212 valence electrons. The summed E-state index contributed by atoms with van der Waals surface area (Å²) in [5.41, 5.74) is 1.82. The lowest BCUT2D eigenvalue weighted by atomic mass is 9.81. The van der Waals surface area contributed by atoms with Crippen molar-refractivity contribution in [2.75, 3.05) is 36.8 Å². The molecule has 0 unspecified atom stereocenters. The van der Waals surface area contributed by atoms with Gasteiger partial charge in [0, 0.05) is 36.9 Å². The van der Waals surface area contributed by atoms with Crippen LogP contribution in [-0.4, -0.2) is 60.4 Å². The number of phenolic OH excluding ortho intramolecular Hbond substituents is 2. The minimum Gasteiger partial charge on any atom is -0.507 e. The zero-order valence-corrected chi connectivity index (χ0v) is 22.3. The fraction of sp³-hybridized carbons (Fsp3) is 0.125. The van der Waals surface area contributed by atoms with Crippen molar-refractivity contribution in [3.8, 4) is 11.5 Å². The summed E-state index contributed by atoms with van der Waals surface area (Å²) in [6.07, 6.45) is 3.21. The number of anilines is 2. The van der Waals surface area contributed by atoms with Crippen LogP contribution in [0.1, 0.15) is 43.0 Å². The van der Waals surface area contributed by atoms with Gasteiger partial charge in [0.25, 0.3) is 0 Å². The molecule has 5 rings (SSSR count). The molecule has 42 heavy (non-hydrogen) atoms. The van der Waals surface area contributed by atoms with Crippen LogP contribution in [0.2, 0.25) is 0 Å². The Morgan fingerprint density at radius 1 is 0.571 bits per heavy atom. The number of nitrogens with one attached hydrogen (secondary N) is 2. The lowest BCUT2D eigenvalue weighted by Gasteiger charge is -2.24. The number of fused-ring (bicyclic) bond motifs is 2. The Labute approximate surface area is 240 Å². The summed E-state index contributed by atoms with van der Waals surface area (Å²) < 4.78 is 26.2. The Hall–Kier alpha value is -5.38. The molecule has 0 aliphatic heterocycles. The molecule has 0 aromatic heterocycles. The summed E-state index contributed by atoms with van der Waals surface area (Å²) in [6, 6.07) is 17.4. The van der Waals surface area contributed by atoms with Crippen LogP contribution in [0.3, 0.4) is 0 Å². The zero-order chi connectivity index (χ0) is 29.6. The topological polar surface area (TPSA) is 123 Å². The number of benzene rings is 4. The average molecular weight is 569 g/mol. The molecular formula is C32H26F2N4O4. The van der Waals surface area contributed by atoms with Gasteiger partial charge in [-0.25, -0.2) is 8.78 Å². The van der Waals surface area contributed by atoms with Crippen molar-refractivity contribution in [3.63, 3.8) is 0 Å². The van der Waals surface area contributed by atoms with Gasteiger partial charge in [-0.3, -0.25) is 19.6 Å². The summed E-state index contributed by atoms with van der Waals surface area (Å²) in [5, 5.41) is 27.2. The molecule has 4 aromatic rings. The first-order valence-corrected chi connectivity index (χ1v) is 13.1. The highest BCUT2D eigenvalue weighted by atomic mass is 19.1. The van der Waals surface area contributed by atoms with Gasteiger partial charge in [-0.15, -0.1) is 0 Å². The Balaban J connectivity index is 1.36. The average Bonchev–Trinajstić information content (AvgIpc) is 2.98. The van der Waals surface area contributed by atoms with E-state index in [4.69, 9.17) is 0 Å². The van der Waals surface area contributed by atoms with Gasteiger partial charge in [0.1, 0.15) is 23.1 Å². The Bertz CT molecular complexity index is 1580. The van der Waals surface area contributed by atoms with Crippen molar-refractivity contribution < 1.29 is 28.6 Å². The largest absolute Gasteiger partial charge is 0.507 e. The first-order valence-electron chi connectivity index (χ1n) is 13.1. The molecule has 0 saturated heterocycles. The van der Waals surface area contributed by atoms with Crippen LogP contribution >= 0.6 is 0 Å². The van der Waals surface area contributed by atoms with Gasteiger partial charge in [-0.05, 0) is 59.7 Å². The van der Waals surface area contributed by atoms with Gasteiger partial charge in [0.15, 0.2) is 0 Å². The maximum atomic E-state index is 13.7. The molecule has 4 aromatic carbocycles. The lowest BCUT2D eigenvalue weighted by Crippen LogP contribution is -2.25. The number of nitrogens with zero attached hydrogens (tertiary/aromatic N) is 2. The molecule has 1 aliphatic rings. The number of rotatable bonds is 10. The summed E-state index contributed by atoms with van der Waals surface area (Å²) in [6.45, 7) is 1.27. The molecule has 4 N–H and O–H groups in total. The first kappa shape index (κ1) is 28.2. The normalized spacial score (nSPS) is 12.5. The Kier molecular flexibility index (Phi) is 8.33. The van der Waals surface area contributed by atoms with Gasteiger partial charge in [-0.2, -0.15) is 0 Å². The third-order valence-corrected chi connectivity index (χ3v) is 6.61. The molecule has 1 aliphatic carbocycles. The molecule has 0 heterocycles. The zero-order valence-electron chi connectivity index (χ0n) is 22.3. The smallest absolute Gasteiger partial charge is 0.200 e. The number of aromatic hydroxyl groups is 2. The SMILES string of the molecule is O=C1c2c(O)ccc(O)c2C(=O)c2c(NCCN=Cc3ccc(F)cc3)ccc(NCCN=Cc3ccc(F)cc3)c21. The van der Waals surface area contributed by atoms with Crippen LogP contribution in [0.15, 0.2) is 82.8 Å². The molecule has 0 amide bonds. The minimum absolute atomic E-state index is 0.0655. The highest BCUT2D eigenvalue weighted by Crippen LogP contribution is 2.42. The highest BCUT2D eigenvalue weighted by molar-refractivity contribution is 6.33. The van der Waals surface area contributed by atoms with Gasteiger partial charge in [-0.1, -0.05) is 24.3 Å². The van der Waals surface area contributed by atoms with Crippen LogP contribution in [0.5, 0.6) is 11.5 Å². The highest BCUT2D eigenvalue weighted by Gasteiger charge is 2.37. The second-order valence-electron chi connectivity index (χ2n) is 9.45. The molecule has 0 radical (unpaired) electrons. The number of hydrogen-bond donors (Lipinski definition) is 4. The fourth-order valence-corrected chi connectivity index (χ4v) is 4.61. The quantitative estimate of drug-likeness (QED) is 0.104. The molecular weight excluding hydrogens is 542 g/mol. The summed E-state index contributed by atoms with van der Waals surface area (Å²) in [5.74, 6) is -2.71. The summed E-state index contributed by atoms with van der Waals surface area (Å²) >= 11 is 0. The van der Waals surface area contributed by atoms with E-state index in [-0.39, 0.29) is 33.9 Å². The van der Waals surface area contributed by atoms with Crippen LogP contribution in [0.25, 0.3) is 0 Å². The molecule has 0 saturated carbocycles. The van der Waals surface area contributed by atoms with Crippen molar-refractivity contribution >= 4 is 35.4 Å². The molecule has 10 heteroatoms. The number of carbonyl (C=O) groups is 2. The van der Waals surface area contributed by atoms with E-state index in [0.717, 1.165) is 11.1 Å². The minimum atomic E-state index is -0.608. The van der Waals surface area contributed by atoms with Crippen molar-refractivity contribution in [2.24, 2.45) is 9.98 Å². The van der Waals surface area contributed by atoms with Gasteiger partial charge in [0.2, 0.25) is 11.6 Å². The van der Waals surface area contributed by atoms with Crippen molar-refractivity contribution in [2.45, 2.75) is 0 Å². The van der Waals surface area contributed by atoms with Crippen LogP contribution < -0.4 is 10.6 Å². The molecule has 0 spiro atoms. The lowest BCUT2D eigenvalue weighted by molar-refractivity contribution is 0.0975. The van der Waals surface area contributed by atoms with Crippen molar-refractivity contribution in [1.82, 2.24) is 0 Å². The van der Waals surface area contributed by atoms with E-state index in [0.29, 0.717) is 37.6 Å². The Morgan fingerprint density at radius 2 is 0.952 bits per heavy atom. The fourth-order valence-electron chi connectivity index (χ4n) is 4.61. The van der Waals surface area contributed by atoms with E-state index in [1.54, 1.807) is 48.8 Å². The number of halogens is 2. The van der Waals surface area contributed by atoms with Gasteiger partial charge >= 0.3 is 0 Å². The van der Waals surface area contributed by atoms with E-state index >= 15 is 0 Å². The van der Waals surface area contributed by atoms with Crippen molar-refractivity contribution in [1.29, 1.82) is 0 Å². The van der Waals surface area contributed by atoms with Gasteiger partial charge < -0.3 is 20.8 Å². The molecule has 8 nitrogen and oxygen atoms in total. The van der Waals surface area contributed by atoms with E-state index in [1.807, 2.05) is 0 Å². The number of ketones is 2. The predicted molar refractivity (Wildman–Crippen MR) is 158 cm³/mol. The third kappa shape index (κ3) is 6.02. The van der Waals surface area contributed by atoms with E-state index in [2.05, 4.69) is 20.6 Å². The van der Waals surface area contributed by atoms with Gasteiger partial charge in [0.05, 0.1) is 35.3 Å². The number of aliphatic imine (C=N–C) groups is 2. The van der Waals surface area contributed by atoms with Crippen LogP contribution in [0.4, 0.5) is 20.2 Å². The molecule has 0 bridgehead atoms. The van der Waals surface area contributed by atoms with Crippen LogP contribution in [-0.2, 0) is 0 Å². The van der Waals surface area contributed by atoms with Crippen LogP contribution in [0, 0.1) is 11.6 Å².